The SMILES string of the molecule is O=C(Nc1cnoc1)c1cc(C(=O)O)on1. The van der Waals surface area contributed by atoms with Gasteiger partial charge in [-0.2, -0.15) is 0 Å². The number of nitrogens with zero attached hydrogens (tertiary/aromatic N) is 2. The maximum absolute atomic E-state index is 11.5. The summed E-state index contributed by atoms with van der Waals surface area (Å²) < 4.78 is 8.91. The van der Waals surface area contributed by atoms with Crippen LogP contribution in [0.2, 0.25) is 0 Å². The molecule has 1 amide bonds. The van der Waals surface area contributed by atoms with Gasteiger partial charge in [-0.15, -0.1) is 0 Å². The third-order valence-corrected chi connectivity index (χ3v) is 1.64. The monoisotopic (exact) mass is 223 g/mol. The van der Waals surface area contributed by atoms with Crippen molar-refractivity contribution in [2.45, 2.75) is 0 Å². The number of carbonyl (C=O) groups excluding carboxylic acids is 1. The molecule has 0 aliphatic rings. The van der Waals surface area contributed by atoms with Gasteiger partial charge in [-0.1, -0.05) is 10.3 Å². The molecular formula is C8H5N3O5. The van der Waals surface area contributed by atoms with Gasteiger partial charge < -0.3 is 19.5 Å². The summed E-state index contributed by atoms with van der Waals surface area (Å²) in [6, 6.07) is 1.02. The van der Waals surface area contributed by atoms with Crippen LogP contribution in [-0.2, 0) is 0 Å². The normalized spacial score (nSPS) is 10.0. The number of hydrogen-bond acceptors (Lipinski definition) is 6. The van der Waals surface area contributed by atoms with E-state index in [9.17, 15) is 9.59 Å². The zero-order valence-corrected chi connectivity index (χ0v) is 7.71. The van der Waals surface area contributed by atoms with Crippen molar-refractivity contribution in [3.8, 4) is 0 Å². The van der Waals surface area contributed by atoms with Crippen LogP contribution in [0.5, 0.6) is 0 Å². The van der Waals surface area contributed by atoms with Gasteiger partial charge in [0.05, 0.1) is 6.20 Å². The molecule has 0 fully saturated rings. The minimum Gasteiger partial charge on any atom is -0.475 e. The van der Waals surface area contributed by atoms with Gasteiger partial charge in [-0.3, -0.25) is 4.79 Å². The fourth-order valence-corrected chi connectivity index (χ4v) is 0.945. The Morgan fingerprint density at radius 1 is 1.44 bits per heavy atom. The third-order valence-electron chi connectivity index (χ3n) is 1.64. The van der Waals surface area contributed by atoms with Crippen molar-refractivity contribution < 1.29 is 23.7 Å². The van der Waals surface area contributed by atoms with E-state index in [0.717, 1.165) is 6.07 Å². The summed E-state index contributed by atoms with van der Waals surface area (Å²) in [5.41, 5.74) is 0.198. The maximum Gasteiger partial charge on any atom is 0.374 e. The molecule has 2 rings (SSSR count). The van der Waals surface area contributed by atoms with Gasteiger partial charge in [0.1, 0.15) is 12.0 Å². The maximum atomic E-state index is 11.5. The largest absolute Gasteiger partial charge is 0.475 e. The predicted molar refractivity (Wildman–Crippen MR) is 47.9 cm³/mol. The van der Waals surface area contributed by atoms with Gasteiger partial charge in [0.25, 0.3) is 5.91 Å². The number of nitrogens with one attached hydrogen (secondary N) is 1. The van der Waals surface area contributed by atoms with Gasteiger partial charge in [-0.05, 0) is 0 Å². The molecule has 82 valence electrons. The van der Waals surface area contributed by atoms with E-state index >= 15 is 0 Å². The summed E-state index contributed by atoms with van der Waals surface area (Å²) in [7, 11) is 0. The second-order valence-electron chi connectivity index (χ2n) is 2.75. The molecule has 2 N–H and O–H groups in total. The quantitative estimate of drug-likeness (QED) is 0.782. The average molecular weight is 223 g/mol. The summed E-state index contributed by atoms with van der Waals surface area (Å²) in [5.74, 6) is -2.31. The highest BCUT2D eigenvalue weighted by Gasteiger charge is 2.16. The van der Waals surface area contributed by atoms with Crippen LogP contribution in [0.4, 0.5) is 5.69 Å². The van der Waals surface area contributed by atoms with E-state index in [-0.39, 0.29) is 5.69 Å². The molecule has 0 aromatic carbocycles. The molecule has 8 heteroatoms. The summed E-state index contributed by atoms with van der Waals surface area (Å²) in [6.07, 6.45) is 2.51. The molecule has 2 heterocycles. The molecule has 0 atom stereocenters. The molecule has 0 bridgehead atoms. The van der Waals surface area contributed by atoms with Crippen LogP contribution in [0.25, 0.3) is 0 Å². The number of aromatic carboxylic acids is 1. The minimum atomic E-state index is -1.29. The second-order valence-corrected chi connectivity index (χ2v) is 2.75. The van der Waals surface area contributed by atoms with E-state index in [0.29, 0.717) is 5.69 Å². The highest BCUT2D eigenvalue weighted by Crippen LogP contribution is 2.08. The number of amides is 1. The average Bonchev–Trinajstić information content (AvgIpc) is 2.86. The third kappa shape index (κ3) is 1.90. The Labute approximate surface area is 87.8 Å². The Balaban J connectivity index is 2.12. The predicted octanol–water partition coefficient (Wildman–Crippen LogP) is 0.613. The number of carboxylic acid groups (broad SMARTS) is 1. The van der Waals surface area contributed by atoms with Gasteiger partial charge in [0.2, 0.25) is 5.76 Å². The Bertz CT molecular complexity index is 516. The van der Waals surface area contributed by atoms with Crippen molar-refractivity contribution in [1.29, 1.82) is 0 Å². The van der Waals surface area contributed by atoms with Crippen molar-refractivity contribution in [2.75, 3.05) is 5.32 Å². The Hall–Kier alpha value is -2.64. The smallest absolute Gasteiger partial charge is 0.374 e. The number of carbonyl (C=O) groups is 2. The molecule has 0 spiro atoms. The van der Waals surface area contributed by atoms with Gasteiger partial charge in [0, 0.05) is 6.07 Å². The van der Waals surface area contributed by atoms with Crippen molar-refractivity contribution in [3.63, 3.8) is 0 Å². The van der Waals surface area contributed by atoms with Crippen LogP contribution in [0.3, 0.4) is 0 Å². The number of aromatic nitrogens is 2. The highest BCUT2D eigenvalue weighted by molar-refractivity contribution is 6.03. The fourth-order valence-electron chi connectivity index (χ4n) is 0.945. The second kappa shape index (κ2) is 3.85. The summed E-state index contributed by atoms with van der Waals surface area (Å²) in [6.45, 7) is 0. The number of hydrogen-bond donors (Lipinski definition) is 2. The standard InChI is InChI=1S/C8H5N3O5/c12-7(10-4-2-9-15-3-4)5-1-6(8(13)14)16-11-5/h1-3H,(H,10,12)(H,13,14). The van der Waals surface area contributed by atoms with Crippen molar-refractivity contribution in [1.82, 2.24) is 10.3 Å². The molecule has 2 aromatic heterocycles. The molecule has 0 aliphatic carbocycles. The summed E-state index contributed by atoms with van der Waals surface area (Å²) in [5, 5.41) is 17.6. The van der Waals surface area contributed by atoms with Crippen LogP contribution >= 0.6 is 0 Å². The van der Waals surface area contributed by atoms with E-state index in [1.807, 2.05) is 0 Å². The van der Waals surface area contributed by atoms with E-state index in [1.165, 1.54) is 12.5 Å². The lowest BCUT2D eigenvalue weighted by molar-refractivity contribution is 0.0651. The molecule has 2 aromatic rings. The topological polar surface area (TPSA) is 118 Å². The molecule has 0 radical (unpaired) electrons. The zero-order chi connectivity index (χ0) is 11.5. The van der Waals surface area contributed by atoms with Crippen LogP contribution < -0.4 is 5.32 Å². The molecule has 0 unspecified atom stereocenters. The first-order chi connectivity index (χ1) is 7.66. The van der Waals surface area contributed by atoms with E-state index < -0.39 is 17.6 Å². The molecule has 0 aliphatic heterocycles. The fraction of sp³-hybridized carbons (Fsp3) is 0. The first-order valence-corrected chi connectivity index (χ1v) is 4.07. The number of anilines is 1. The first-order valence-electron chi connectivity index (χ1n) is 4.07. The van der Waals surface area contributed by atoms with Crippen LogP contribution in [-0.4, -0.2) is 27.3 Å². The lowest BCUT2D eigenvalue weighted by atomic mass is 10.3. The Morgan fingerprint density at radius 3 is 2.81 bits per heavy atom. The van der Waals surface area contributed by atoms with Crippen LogP contribution in [0.1, 0.15) is 21.0 Å². The van der Waals surface area contributed by atoms with Crippen LogP contribution in [0.15, 0.2) is 27.6 Å². The number of carboxylic acids is 1. The Kier molecular flexibility index (Phi) is 2.38. The van der Waals surface area contributed by atoms with Crippen LogP contribution in [0, 0.1) is 0 Å². The zero-order valence-electron chi connectivity index (χ0n) is 7.71. The van der Waals surface area contributed by atoms with Crippen molar-refractivity contribution in [3.05, 3.63) is 30.0 Å². The molecule has 0 saturated carbocycles. The molecule has 0 saturated heterocycles. The first kappa shape index (κ1) is 9.90. The lowest BCUT2D eigenvalue weighted by Crippen LogP contribution is -2.11. The minimum absolute atomic E-state index is 0.140. The summed E-state index contributed by atoms with van der Waals surface area (Å²) >= 11 is 0. The van der Waals surface area contributed by atoms with E-state index in [4.69, 9.17) is 5.11 Å². The Morgan fingerprint density at radius 2 is 2.25 bits per heavy atom. The van der Waals surface area contributed by atoms with Gasteiger partial charge >= 0.3 is 5.97 Å². The molecule has 8 nitrogen and oxygen atoms in total. The molecule has 16 heavy (non-hydrogen) atoms. The van der Waals surface area contributed by atoms with Crippen molar-refractivity contribution in [2.24, 2.45) is 0 Å². The van der Waals surface area contributed by atoms with Crippen molar-refractivity contribution >= 4 is 17.6 Å². The van der Waals surface area contributed by atoms with Gasteiger partial charge in [-0.25, -0.2) is 4.79 Å². The molecular weight excluding hydrogens is 218 g/mol. The lowest BCUT2D eigenvalue weighted by Gasteiger charge is -1.94. The highest BCUT2D eigenvalue weighted by atomic mass is 16.5. The van der Waals surface area contributed by atoms with E-state index in [2.05, 4.69) is 24.7 Å². The summed E-state index contributed by atoms with van der Waals surface area (Å²) in [4.78, 5) is 21.9. The van der Waals surface area contributed by atoms with Gasteiger partial charge in [0.15, 0.2) is 5.69 Å². The number of rotatable bonds is 3. The van der Waals surface area contributed by atoms with E-state index in [1.54, 1.807) is 0 Å².